The van der Waals surface area contributed by atoms with E-state index in [0.717, 1.165) is 5.56 Å². The van der Waals surface area contributed by atoms with Crippen LogP contribution in [-0.2, 0) is 6.54 Å². The topological polar surface area (TPSA) is 57.9 Å². The summed E-state index contributed by atoms with van der Waals surface area (Å²) < 4.78 is 5.48. The van der Waals surface area contributed by atoms with Gasteiger partial charge in [-0.1, -0.05) is 6.07 Å². The Morgan fingerprint density at radius 1 is 1.64 bits per heavy atom. The van der Waals surface area contributed by atoms with E-state index < -0.39 is 0 Å². The van der Waals surface area contributed by atoms with E-state index >= 15 is 0 Å². The maximum absolute atomic E-state index is 8.38. The molecule has 0 fully saturated rings. The van der Waals surface area contributed by atoms with E-state index in [-0.39, 0.29) is 6.10 Å². The lowest BCUT2D eigenvalue weighted by molar-refractivity contribution is 0.230. The first-order valence-corrected chi connectivity index (χ1v) is 4.46. The lowest BCUT2D eigenvalue weighted by Gasteiger charge is -2.11. The van der Waals surface area contributed by atoms with Gasteiger partial charge in [0.1, 0.15) is 0 Å². The number of hydrogen-bond acceptors (Lipinski definition) is 4. The van der Waals surface area contributed by atoms with Crippen LogP contribution in [0, 0.1) is 11.5 Å². The maximum Gasteiger partial charge on any atom is 0.218 e. The van der Waals surface area contributed by atoms with E-state index in [2.05, 4.69) is 10.3 Å². The van der Waals surface area contributed by atoms with E-state index in [9.17, 15) is 0 Å². The number of ether oxygens (including phenoxy) is 1. The third-order valence-electron chi connectivity index (χ3n) is 1.56. The molecule has 1 aromatic rings. The summed E-state index contributed by atoms with van der Waals surface area (Å²) >= 11 is 0. The van der Waals surface area contributed by atoms with Gasteiger partial charge in [0.2, 0.25) is 5.88 Å². The minimum absolute atomic E-state index is 0.0886. The number of aromatic nitrogens is 1. The number of nitrogens with one attached hydrogen (secondary N) is 1. The van der Waals surface area contributed by atoms with Crippen molar-refractivity contribution in [1.29, 1.82) is 5.26 Å². The van der Waals surface area contributed by atoms with Crippen molar-refractivity contribution in [2.75, 3.05) is 0 Å². The maximum atomic E-state index is 8.38. The van der Waals surface area contributed by atoms with Crippen LogP contribution in [0.2, 0.25) is 0 Å². The fourth-order valence-electron chi connectivity index (χ4n) is 1.02. The summed E-state index contributed by atoms with van der Waals surface area (Å²) in [4.78, 5) is 4.10. The van der Waals surface area contributed by atoms with Gasteiger partial charge in [-0.15, -0.1) is 0 Å². The molecule has 0 amide bonds. The van der Waals surface area contributed by atoms with Crippen LogP contribution < -0.4 is 10.1 Å². The van der Waals surface area contributed by atoms with Crippen LogP contribution in [0.4, 0.5) is 0 Å². The van der Waals surface area contributed by atoms with Gasteiger partial charge >= 0.3 is 0 Å². The van der Waals surface area contributed by atoms with Crippen LogP contribution in [0.5, 0.6) is 5.88 Å². The van der Waals surface area contributed by atoms with Crippen LogP contribution in [0.15, 0.2) is 18.3 Å². The van der Waals surface area contributed by atoms with Gasteiger partial charge < -0.3 is 10.1 Å². The minimum atomic E-state index is 0.0886. The molecule has 0 unspecified atom stereocenters. The summed E-state index contributed by atoms with van der Waals surface area (Å²) in [7, 11) is 0. The molecule has 0 saturated heterocycles. The van der Waals surface area contributed by atoms with Crippen LogP contribution in [0.1, 0.15) is 19.4 Å². The molecule has 1 heterocycles. The molecule has 0 bridgehead atoms. The van der Waals surface area contributed by atoms with Crippen molar-refractivity contribution in [1.82, 2.24) is 10.3 Å². The van der Waals surface area contributed by atoms with Crippen molar-refractivity contribution >= 4 is 0 Å². The molecular weight excluding hydrogens is 178 g/mol. The Bertz CT molecular complexity index is 330. The van der Waals surface area contributed by atoms with E-state index in [1.54, 1.807) is 6.20 Å². The van der Waals surface area contributed by atoms with Crippen LogP contribution in [0.3, 0.4) is 0 Å². The fraction of sp³-hybridized carbons (Fsp3) is 0.400. The molecule has 0 saturated carbocycles. The second-order valence-corrected chi connectivity index (χ2v) is 3.10. The SMILES string of the molecule is CC(C)Oc1ncccc1CNC#N. The molecule has 0 radical (unpaired) electrons. The first kappa shape index (κ1) is 10.3. The van der Waals surface area contributed by atoms with Gasteiger partial charge in [0.25, 0.3) is 0 Å². The van der Waals surface area contributed by atoms with E-state index in [4.69, 9.17) is 10.00 Å². The zero-order valence-corrected chi connectivity index (χ0v) is 8.32. The lowest BCUT2D eigenvalue weighted by Crippen LogP contribution is -2.12. The molecule has 74 valence electrons. The van der Waals surface area contributed by atoms with Gasteiger partial charge in [0.15, 0.2) is 6.19 Å². The highest BCUT2D eigenvalue weighted by Gasteiger charge is 2.05. The molecule has 0 aliphatic rings. The monoisotopic (exact) mass is 191 g/mol. The predicted octanol–water partition coefficient (Wildman–Crippen LogP) is 1.44. The normalized spacial score (nSPS) is 9.57. The molecule has 0 aliphatic carbocycles. The van der Waals surface area contributed by atoms with Crippen LogP contribution in [0.25, 0.3) is 0 Å². The summed E-state index contributed by atoms with van der Waals surface area (Å²) in [6, 6.07) is 3.70. The van der Waals surface area contributed by atoms with Crippen molar-refractivity contribution in [3.05, 3.63) is 23.9 Å². The average Bonchev–Trinajstić information content (AvgIpc) is 2.16. The quantitative estimate of drug-likeness (QED) is 0.578. The largest absolute Gasteiger partial charge is 0.475 e. The highest BCUT2D eigenvalue weighted by molar-refractivity contribution is 5.25. The molecule has 1 aromatic heterocycles. The van der Waals surface area contributed by atoms with Gasteiger partial charge in [0, 0.05) is 11.8 Å². The summed E-state index contributed by atoms with van der Waals surface area (Å²) in [5.41, 5.74) is 0.891. The number of hydrogen-bond donors (Lipinski definition) is 1. The number of nitrogens with zero attached hydrogens (tertiary/aromatic N) is 2. The standard InChI is InChI=1S/C10H13N3O/c1-8(2)14-10-9(6-12-7-11)4-3-5-13-10/h3-5,8,12H,6H2,1-2H3. The van der Waals surface area contributed by atoms with Crippen LogP contribution >= 0.6 is 0 Å². The van der Waals surface area contributed by atoms with Crippen molar-refractivity contribution in [2.45, 2.75) is 26.5 Å². The fourth-order valence-corrected chi connectivity index (χ4v) is 1.02. The molecule has 0 aliphatic heterocycles. The first-order valence-electron chi connectivity index (χ1n) is 4.46. The molecule has 1 N–H and O–H groups in total. The third-order valence-corrected chi connectivity index (χ3v) is 1.56. The third kappa shape index (κ3) is 2.94. The van der Waals surface area contributed by atoms with Crippen molar-refractivity contribution < 1.29 is 4.74 Å². The lowest BCUT2D eigenvalue weighted by atomic mass is 10.2. The number of nitriles is 1. The molecule has 0 spiro atoms. The van der Waals surface area contributed by atoms with Crippen molar-refractivity contribution in [3.8, 4) is 12.1 Å². The van der Waals surface area contributed by atoms with Crippen LogP contribution in [-0.4, -0.2) is 11.1 Å². The van der Waals surface area contributed by atoms with Gasteiger partial charge in [0.05, 0.1) is 12.6 Å². The average molecular weight is 191 g/mol. The second-order valence-electron chi connectivity index (χ2n) is 3.10. The first-order chi connectivity index (χ1) is 6.74. The highest BCUT2D eigenvalue weighted by atomic mass is 16.5. The summed E-state index contributed by atoms with van der Waals surface area (Å²) in [5.74, 6) is 0.588. The van der Waals surface area contributed by atoms with E-state index in [1.165, 1.54) is 0 Å². The van der Waals surface area contributed by atoms with Crippen molar-refractivity contribution in [3.63, 3.8) is 0 Å². The van der Waals surface area contributed by atoms with Gasteiger partial charge in [-0.05, 0) is 19.9 Å². The van der Waals surface area contributed by atoms with Gasteiger partial charge in [-0.2, -0.15) is 5.26 Å². The molecule has 14 heavy (non-hydrogen) atoms. The second kappa shape index (κ2) is 5.07. The molecule has 4 nitrogen and oxygen atoms in total. The summed E-state index contributed by atoms with van der Waals surface area (Å²) in [6.45, 7) is 4.33. The Balaban J connectivity index is 2.76. The molecule has 0 aromatic carbocycles. The van der Waals surface area contributed by atoms with Gasteiger partial charge in [-0.3, -0.25) is 0 Å². The smallest absolute Gasteiger partial charge is 0.218 e. The Hall–Kier alpha value is -1.76. The molecule has 0 atom stereocenters. The molecule has 4 heteroatoms. The molecule has 1 rings (SSSR count). The van der Waals surface area contributed by atoms with Gasteiger partial charge in [-0.25, -0.2) is 4.98 Å². The Labute approximate surface area is 83.5 Å². The Kier molecular flexibility index (Phi) is 3.74. The van der Waals surface area contributed by atoms with E-state index in [1.807, 2.05) is 32.2 Å². The highest BCUT2D eigenvalue weighted by Crippen LogP contribution is 2.15. The zero-order chi connectivity index (χ0) is 10.4. The predicted molar refractivity (Wildman–Crippen MR) is 52.5 cm³/mol. The zero-order valence-electron chi connectivity index (χ0n) is 8.32. The number of pyridine rings is 1. The number of rotatable bonds is 4. The minimum Gasteiger partial charge on any atom is -0.475 e. The van der Waals surface area contributed by atoms with E-state index in [0.29, 0.717) is 12.4 Å². The molecular formula is C10H13N3O. The summed E-state index contributed by atoms with van der Waals surface area (Å²) in [5, 5.41) is 10.9. The summed E-state index contributed by atoms with van der Waals surface area (Å²) in [6.07, 6.45) is 3.63. The van der Waals surface area contributed by atoms with Crippen molar-refractivity contribution in [2.24, 2.45) is 0 Å². The Morgan fingerprint density at radius 2 is 2.43 bits per heavy atom. The Morgan fingerprint density at radius 3 is 3.07 bits per heavy atom.